The number of hydrogen-bond acceptors (Lipinski definition) is 2. The van der Waals surface area contributed by atoms with Gasteiger partial charge in [-0.1, -0.05) is 24.3 Å². The molecular weight excluding hydrogens is 226 g/mol. The Morgan fingerprint density at radius 1 is 1.17 bits per heavy atom. The Bertz CT molecular complexity index is 520. The quantitative estimate of drug-likeness (QED) is 0.896. The van der Waals surface area contributed by atoms with E-state index in [0.29, 0.717) is 6.54 Å². The second kappa shape index (κ2) is 4.69. The van der Waals surface area contributed by atoms with Crippen molar-refractivity contribution in [1.29, 1.82) is 0 Å². The summed E-state index contributed by atoms with van der Waals surface area (Å²) in [6, 6.07) is 12.0. The van der Waals surface area contributed by atoms with Gasteiger partial charge in [0, 0.05) is 5.92 Å². The molecule has 1 aromatic carbocycles. The molecule has 18 heavy (non-hydrogen) atoms. The van der Waals surface area contributed by atoms with Gasteiger partial charge in [0.05, 0.1) is 12.8 Å². The normalized spacial score (nSPS) is 14.4. The van der Waals surface area contributed by atoms with Gasteiger partial charge in [0.2, 0.25) is 5.91 Å². The lowest BCUT2D eigenvalue weighted by Gasteiger charge is -2.09. The number of furan rings is 1. The molecule has 0 aliphatic heterocycles. The summed E-state index contributed by atoms with van der Waals surface area (Å²) in [5.41, 5.74) is 2.60. The number of fused-ring (bicyclic) bond motifs is 1. The highest BCUT2D eigenvalue weighted by atomic mass is 16.3. The monoisotopic (exact) mass is 241 g/mol. The van der Waals surface area contributed by atoms with Crippen LogP contribution >= 0.6 is 0 Å². The zero-order valence-corrected chi connectivity index (χ0v) is 10.1. The van der Waals surface area contributed by atoms with E-state index in [1.807, 2.05) is 24.3 Å². The van der Waals surface area contributed by atoms with Crippen molar-refractivity contribution in [2.24, 2.45) is 5.92 Å². The predicted molar refractivity (Wildman–Crippen MR) is 67.9 cm³/mol. The molecule has 1 amide bonds. The van der Waals surface area contributed by atoms with Crippen molar-refractivity contribution in [3.63, 3.8) is 0 Å². The SMILES string of the molecule is O=C(NCc1ccco1)C1Cc2ccccc2C1. The molecule has 0 saturated carbocycles. The second-order valence-corrected chi connectivity index (χ2v) is 4.67. The fraction of sp³-hybridized carbons (Fsp3) is 0.267. The van der Waals surface area contributed by atoms with Crippen LogP contribution in [0.3, 0.4) is 0 Å². The van der Waals surface area contributed by atoms with Crippen LogP contribution in [0.4, 0.5) is 0 Å². The molecule has 0 unspecified atom stereocenters. The fourth-order valence-electron chi connectivity index (χ4n) is 2.48. The van der Waals surface area contributed by atoms with Crippen LogP contribution in [0.5, 0.6) is 0 Å². The summed E-state index contributed by atoms with van der Waals surface area (Å²) in [7, 11) is 0. The standard InChI is InChI=1S/C15H15NO2/c17-15(16-10-14-6-3-7-18-14)13-8-11-4-1-2-5-12(11)9-13/h1-7,13H,8-10H2,(H,16,17). The minimum absolute atomic E-state index is 0.0670. The van der Waals surface area contributed by atoms with Gasteiger partial charge < -0.3 is 9.73 Å². The second-order valence-electron chi connectivity index (χ2n) is 4.67. The summed E-state index contributed by atoms with van der Waals surface area (Å²) < 4.78 is 5.19. The topological polar surface area (TPSA) is 42.2 Å². The number of nitrogens with one attached hydrogen (secondary N) is 1. The first-order valence-electron chi connectivity index (χ1n) is 6.20. The van der Waals surface area contributed by atoms with Crippen LogP contribution in [-0.2, 0) is 24.2 Å². The summed E-state index contributed by atoms with van der Waals surface area (Å²) in [5, 5.41) is 2.93. The van der Waals surface area contributed by atoms with Crippen LogP contribution in [0, 0.1) is 5.92 Å². The Morgan fingerprint density at radius 3 is 2.50 bits per heavy atom. The van der Waals surface area contributed by atoms with E-state index in [4.69, 9.17) is 4.42 Å². The first-order valence-corrected chi connectivity index (χ1v) is 6.20. The van der Waals surface area contributed by atoms with Crippen molar-refractivity contribution < 1.29 is 9.21 Å². The van der Waals surface area contributed by atoms with Crippen LogP contribution in [0.25, 0.3) is 0 Å². The molecule has 92 valence electrons. The van der Waals surface area contributed by atoms with Crippen molar-refractivity contribution in [3.05, 3.63) is 59.5 Å². The van der Waals surface area contributed by atoms with E-state index in [0.717, 1.165) is 18.6 Å². The Kier molecular flexibility index (Phi) is 2.89. The molecule has 1 aliphatic carbocycles. The molecule has 2 aromatic rings. The largest absolute Gasteiger partial charge is 0.467 e. The maximum atomic E-state index is 12.1. The molecule has 1 aliphatic rings. The Morgan fingerprint density at radius 2 is 1.89 bits per heavy atom. The number of rotatable bonds is 3. The number of hydrogen-bond donors (Lipinski definition) is 1. The van der Waals surface area contributed by atoms with E-state index in [-0.39, 0.29) is 11.8 Å². The van der Waals surface area contributed by atoms with E-state index in [1.165, 1.54) is 11.1 Å². The van der Waals surface area contributed by atoms with E-state index >= 15 is 0 Å². The minimum Gasteiger partial charge on any atom is -0.467 e. The number of carbonyl (C=O) groups is 1. The molecule has 0 fully saturated rings. The third-order valence-electron chi connectivity index (χ3n) is 3.44. The molecule has 0 spiro atoms. The third-order valence-corrected chi connectivity index (χ3v) is 3.44. The van der Waals surface area contributed by atoms with E-state index in [2.05, 4.69) is 17.4 Å². The number of carbonyl (C=O) groups excluding carboxylic acids is 1. The molecule has 0 radical (unpaired) electrons. The van der Waals surface area contributed by atoms with Gasteiger partial charge in [0.25, 0.3) is 0 Å². The molecule has 1 aromatic heterocycles. The molecule has 1 N–H and O–H groups in total. The highest BCUT2D eigenvalue weighted by Crippen LogP contribution is 2.26. The molecular formula is C15H15NO2. The van der Waals surface area contributed by atoms with E-state index in [9.17, 15) is 4.79 Å². The van der Waals surface area contributed by atoms with Crippen LogP contribution in [0.15, 0.2) is 47.1 Å². The lowest BCUT2D eigenvalue weighted by Crippen LogP contribution is -2.30. The van der Waals surface area contributed by atoms with Gasteiger partial charge in [0.1, 0.15) is 5.76 Å². The molecule has 3 nitrogen and oxygen atoms in total. The first-order chi connectivity index (χ1) is 8.83. The summed E-state index contributed by atoms with van der Waals surface area (Å²) >= 11 is 0. The fourth-order valence-corrected chi connectivity index (χ4v) is 2.48. The summed E-state index contributed by atoms with van der Waals surface area (Å²) in [5.74, 6) is 0.971. The van der Waals surface area contributed by atoms with Gasteiger partial charge >= 0.3 is 0 Å². The zero-order chi connectivity index (χ0) is 12.4. The summed E-state index contributed by atoms with van der Waals surface area (Å²) in [4.78, 5) is 12.1. The minimum atomic E-state index is 0.0670. The molecule has 0 atom stereocenters. The summed E-state index contributed by atoms with van der Waals surface area (Å²) in [6.07, 6.45) is 3.31. The van der Waals surface area contributed by atoms with E-state index < -0.39 is 0 Å². The van der Waals surface area contributed by atoms with E-state index in [1.54, 1.807) is 6.26 Å². The summed E-state index contributed by atoms with van der Waals surface area (Å²) in [6.45, 7) is 0.471. The average molecular weight is 241 g/mol. The Balaban J connectivity index is 1.59. The van der Waals surface area contributed by atoms with Crippen LogP contribution < -0.4 is 5.32 Å². The molecule has 0 saturated heterocycles. The maximum Gasteiger partial charge on any atom is 0.224 e. The van der Waals surface area contributed by atoms with Crippen LogP contribution in [0.2, 0.25) is 0 Å². The third kappa shape index (κ3) is 2.16. The Labute approximate surface area is 106 Å². The van der Waals surface area contributed by atoms with Gasteiger partial charge in [-0.2, -0.15) is 0 Å². The van der Waals surface area contributed by atoms with Crippen molar-refractivity contribution in [2.75, 3.05) is 0 Å². The highest BCUT2D eigenvalue weighted by Gasteiger charge is 2.26. The van der Waals surface area contributed by atoms with Gasteiger partial charge in [0.15, 0.2) is 0 Å². The number of amides is 1. The number of benzene rings is 1. The average Bonchev–Trinajstić information content (AvgIpc) is 3.04. The lowest BCUT2D eigenvalue weighted by atomic mass is 10.1. The highest BCUT2D eigenvalue weighted by molar-refractivity contribution is 5.80. The lowest BCUT2D eigenvalue weighted by molar-refractivity contribution is -0.124. The molecule has 1 heterocycles. The Hall–Kier alpha value is -2.03. The van der Waals surface area contributed by atoms with Crippen molar-refractivity contribution in [3.8, 4) is 0 Å². The zero-order valence-electron chi connectivity index (χ0n) is 10.1. The van der Waals surface area contributed by atoms with Crippen LogP contribution in [-0.4, -0.2) is 5.91 Å². The van der Waals surface area contributed by atoms with Crippen LogP contribution in [0.1, 0.15) is 16.9 Å². The van der Waals surface area contributed by atoms with Crippen molar-refractivity contribution in [1.82, 2.24) is 5.32 Å². The van der Waals surface area contributed by atoms with Gasteiger partial charge in [-0.3, -0.25) is 4.79 Å². The van der Waals surface area contributed by atoms with Gasteiger partial charge in [-0.15, -0.1) is 0 Å². The molecule has 0 bridgehead atoms. The molecule has 3 rings (SSSR count). The van der Waals surface area contributed by atoms with Crippen molar-refractivity contribution in [2.45, 2.75) is 19.4 Å². The van der Waals surface area contributed by atoms with Gasteiger partial charge in [-0.25, -0.2) is 0 Å². The molecule has 3 heteroatoms. The van der Waals surface area contributed by atoms with Gasteiger partial charge in [-0.05, 0) is 36.1 Å². The van der Waals surface area contributed by atoms with Crippen molar-refractivity contribution >= 4 is 5.91 Å². The maximum absolute atomic E-state index is 12.1. The smallest absolute Gasteiger partial charge is 0.224 e. The predicted octanol–water partition coefficient (Wildman–Crippen LogP) is 2.31. The first kappa shape index (κ1) is 11.1.